The first-order valence-corrected chi connectivity index (χ1v) is 17.9. The molecule has 0 heterocycles. The first-order valence-electron chi connectivity index (χ1n) is 13.4. The highest BCUT2D eigenvalue weighted by atomic mass is 32.7. The van der Waals surface area contributed by atoms with E-state index in [1.165, 1.54) is 17.0 Å². The molecule has 2 rings (SSSR count). The largest absolute Gasteiger partial charge is 0.377 e. The Bertz CT molecular complexity index is 1230. The van der Waals surface area contributed by atoms with Crippen molar-refractivity contribution < 1.29 is 36.3 Å². The molecule has 0 spiro atoms. The maximum absolute atomic E-state index is 12.5. The van der Waals surface area contributed by atoms with Gasteiger partial charge >= 0.3 is 0 Å². The van der Waals surface area contributed by atoms with Crippen LogP contribution in [0.15, 0.2) is 64.4 Å². The molecular formula is C30H40NO8PS2. The van der Waals surface area contributed by atoms with Crippen LogP contribution in [0.4, 0.5) is 0 Å². The van der Waals surface area contributed by atoms with E-state index in [9.17, 15) is 13.2 Å². The smallest absolute Gasteiger partial charge is 0.297 e. The van der Waals surface area contributed by atoms with Gasteiger partial charge in [0.1, 0.15) is 6.61 Å². The van der Waals surface area contributed by atoms with E-state index in [-0.39, 0.29) is 43.8 Å². The highest BCUT2D eigenvalue weighted by Crippen LogP contribution is 2.36. The van der Waals surface area contributed by atoms with Crippen molar-refractivity contribution >= 4 is 41.3 Å². The Hall–Kier alpha value is -2.26. The third-order valence-electron chi connectivity index (χ3n) is 5.51. The Balaban J connectivity index is 1.48. The summed E-state index contributed by atoms with van der Waals surface area (Å²) in [6.45, 7) is 6.54. The standard InChI is InChI=1S/C30H40NO8PS2/c1-4-15-31(16-7-9-27-8-5-6-10-29(27)41-40-3)30(32)25-38-22-21-36-18-17-35-19-20-37-23-24-39-42(33,34)28-13-11-26(2)12-14-28/h1,5-14,40H,15-25H2,2-3H3/b9-7+. The van der Waals surface area contributed by atoms with Crippen molar-refractivity contribution in [2.24, 2.45) is 0 Å². The number of carbonyl (C=O) groups excluding carboxylic acids is 1. The number of aryl methyl sites for hydroxylation is 1. The minimum absolute atomic E-state index is 0.0772. The van der Waals surface area contributed by atoms with Gasteiger partial charge in [-0.05, 0) is 37.4 Å². The van der Waals surface area contributed by atoms with Gasteiger partial charge in [-0.3, -0.25) is 8.98 Å². The summed E-state index contributed by atoms with van der Waals surface area (Å²) in [6.07, 6.45) is 9.40. The first-order chi connectivity index (χ1) is 20.4. The molecule has 1 amide bonds. The average Bonchev–Trinajstić information content (AvgIpc) is 2.98. The van der Waals surface area contributed by atoms with E-state index in [0.29, 0.717) is 39.6 Å². The topological polar surface area (TPSA) is 101 Å². The van der Waals surface area contributed by atoms with E-state index in [1.54, 1.807) is 28.4 Å². The van der Waals surface area contributed by atoms with Crippen molar-refractivity contribution in [1.29, 1.82) is 0 Å². The highest BCUT2D eigenvalue weighted by Gasteiger charge is 2.14. The summed E-state index contributed by atoms with van der Waals surface area (Å²) in [5, 5.41) is 0. The molecule has 12 heteroatoms. The van der Waals surface area contributed by atoms with Gasteiger partial charge in [0.2, 0.25) is 5.91 Å². The summed E-state index contributed by atoms with van der Waals surface area (Å²) in [6, 6.07) is 14.6. The van der Waals surface area contributed by atoms with Crippen LogP contribution < -0.4 is 0 Å². The van der Waals surface area contributed by atoms with Crippen LogP contribution in [0.2, 0.25) is 0 Å². The fourth-order valence-corrected chi connectivity index (χ4v) is 6.11. The summed E-state index contributed by atoms with van der Waals surface area (Å²) in [7, 11) is -3.04. The average molecular weight is 638 g/mol. The fraction of sp³-hybridized carbons (Fsp3) is 0.433. The van der Waals surface area contributed by atoms with Crippen LogP contribution in [0, 0.1) is 19.3 Å². The maximum atomic E-state index is 12.5. The van der Waals surface area contributed by atoms with Crippen molar-refractivity contribution in [1.82, 2.24) is 4.90 Å². The lowest BCUT2D eigenvalue weighted by Crippen LogP contribution is -2.34. The fourth-order valence-electron chi connectivity index (χ4n) is 3.38. The van der Waals surface area contributed by atoms with Gasteiger partial charge in [-0.15, -0.1) is 17.8 Å². The van der Waals surface area contributed by atoms with Gasteiger partial charge in [0.05, 0.1) is 64.3 Å². The number of carbonyl (C=O) groups is 1. The zero-order valence-corrected chi connectivity index (χ0v) is 26.8. The molecule has 0 aliphatic carbocycles. The number of hydrogen-bond acceptors (Lipinski definition) is 9. The highest BCUT2D eigenvalue weighted by molar-refractivity contribution is 8.49. The molecule has 0 aromatic heterocycles. The SMILES string of the molecule is C#CCN(C/C=C/c1ccccc1SPC)C(=O)COCCOCCOCCOCCOS(=O)(=O)c1ccc(C)cc1. The van der Waals surface area contributed by atoms with Gasteiger partial charge in [0.15, 0.2) is 0 Å². The molecule has 230 valence electrons. The van der Waals surface area contributed by atoms with E-state index in [4.69, 9.17) is 29.6 Å². The Morgan fingerprint density at radius 1 is 0.929 bits per heavy atom. The lowest BCUT2D eigenvalue weighted by molar-refractivity contribution is -0.135. The van der Waals surface area contributed by atoms with E-state index >= 15 is 0 Å². The van der Waals surface area contributed by atoms with Crippen LogP contribution in [0.5, 0.6) is 0 Å². The third kappa shape index (κ3) is 14.8. The minimum Gasteiger partial charge on any atom is -0.377 e. The summed E-state index contributed by atoms with van der Waals surface area (Å²) in [5.41, 5.74) is 2.08. The van der Waals surface area contributed by atoms with Gasteiger partial charge in [0, 0.05) is 11.4 Å². The molecule has 1 unspecified atom stereocenters. The molecule has 0 N–H and O–H groups in total. The zero-order chi connectivity index (χ0) is 30.5. The van der Waals surface area contributed by atoms with Crippen LogP contribution in [-0.2, 0) is 38.0 Å². The second-order valence-electron chi connectivity index (χ2n) is 8.70. The van der Waals surface area contributed by atoms with Crippen molar-refractivity contribution in [2.45, 2.75) is 16.7 Å². The van der Waals surface area contributed by atoms with Crippen molar-refractivity contribution in [3.8, 4) is 12.3 Å². The number of nitrogens with zero attached hydrogens (tertiary/aromatic N) is 1. The van der Waals surface area contributed by atoms with Gasteiger partial charge in [-0.1, -0.05) is 61.8 Å². The van der Waals surface area contributed by atoms with Crippen molar-refractivity contribution in [3.05, 3.63) is 65.7 Å². The molecule has 0 aliphatic rings. The summed E-state index contributed by atoms with van der Waals surface area (Å²) >= 11 is 1.80. The monoisotopic (exact) mass is 637 g/mol. The van der Waals surface area contributed by atoms with Crippen molar-refractivity contribution in [3.63, 3.8) is 0 Å². The van der Waals surface area contributed by atoms with E-state index in [2.05, 4.69) is 24.7 Å². The maximum Gasteiger partial charge on any atom is 0.297 e. The van der Waals surface area contributed by atoms with Crippen LogP contribution in [0.3, 0.4) is 0 Å². The molecule has 2 aromatic rings. The van der Waals surface area contributed by atoms with Gasteiger partial charge < -0.3 is 23.8 Å². The second-order valence-corrected chi connectivity index (χ2v) is 13.2. The lowest BCUT2D eigenvalue weighted by atomic mass is 10.2. The van der Waals surface area contributed by atoms with Crippen LogP contribution in [0.1, 0.15) is 11.1 Å². The van der Waals surface area contributed by atoms with Gasteiger partial charge in [-0.25, -0.2) is 0 Å². The van der Waals surface area contributed by atoms with Gasteiger partial charge in [0.25, 0.3) is 10.1 Å². The number of amides is 1. The molecule has 0 saturated carbocycles. The number of terminal acetylenes is 1. The van der Waals surface area contributed by atoms with Crippen LogP contribution >= 0.6 is 19.2 Å². The molecule has 0 radical (unpaired) electrons. The third-order valence-corrected chi connectivity index (χ3v) is 8.90. The second kappa shape index (κ2) is 21.4. The predicted molar refractivity (Wildman–Crippen MR) is 169 cm³/mol. The molecule has 0 bridgehead atoms. The first kappa shape index (κ1) is 35.9. The molecule has 1 atom stereocenters. The molecule has 9 nitrogen and oxygen atoms in total. The van der Waals surface area contributed by atoms with Crippen LogP contribution in [0.25, 0.3) is 6.08 Å². The minimum atomic E-state index is -3.79. The molecule has 2 aromatic carbocycles. The molecule has 42 heavy (non-hydrogen) atoms. The normalized spacial score (nSPS) is 11.8. The summed E-state index contributed by atoms with van der Waals surface area (Å²) in [4.78, 5) is 15.4. The van der Waals surface area contributed by atoms with E-state index in [1.807, 2.05) is 31.2 Å². The lowest BCUT2D eigenvalue weighted by Gasteiger charge is -2.18. The Kier molecular flexibility index (Phi) is 18.3. The van der Waals surface area contributed by atoms with E-state index in [0.717, 1.165) is 18.9 Å². The quantitative estimate of drug-likeness (QED) is 0.0812. The molecule has 0 aliphatic heterocycles. The Morgan fingerprint density at radius 2 is 1.52 bits per heavy atom. The summed E-state index contributed by atoms with van der Waals surface area (Å²) in [5.74, 6) is 2.34. The van der Waals surface area contributed by atoms with Gasteiger partial charge in [-0.2, -0.15) is 8.42 Å². The molecule has 0 saturated heterocycles. The number of ether oxygens (including phenoxy) is 4. The molecular weight excluding hydrogens is 597 g/mol. The number of rotatable bonds is 22. The number of hydrogen-bond donors (Lipinski definition) is 0. The Morgan fingerprint density at radius 3 is 2.14 bits per heavy atom. The molecule has 0 fully saturated rings. The summed E-state index contributed by atoms with van der Waals surface area (Å²) < 4.78 is 50.8. The van der Waals surface area contributed by atoms with Crippen LogP contribution in [-0.4, -0.2) is 98.4 Å². The predicted octanol–water partition coefficient (Wildman–Crippen LogP) is 4.26. The Labute approximate surface area is 255 Å². The number of benzene rings is 2. The zero-order valence-electron chi connectivity index (χ0n) is 24.2. The van der Waals surface area contributed by atoms with Crippen molar-refractivity contribution in [2.75, 3.05) is 79.2 Å². The van der Waals surface area contributed by atoms with E-state index < -0.39 is 10.1 Å².